The highest BCUT2D eigenvalue weighted by atomic mass is 19.1. The maximum absolute atomic E-state index is 13.1. The van der Waals surface area contributed by atoms with E-state index in [1.54, 1.807) is 29.8 Å². The van der Waals surface area contributed by atoms with E-state index in [2.05, 4.69) is 0 Å². The Labute approximate surface area is 112 Å². The van der Waals surface area contributed by atoms with Crippen molar-refractivity contribution in [3.05, 3.63) is 36.3 Å². The summed E-state index contributed by atoms with van der Waals surface area (Å²) in [6.45, 7) is 7.28. The molecule has 0 aliphatic heterocycles. The molecule has 0 saturated carbocycles. The molecule has 0 amide bonds. The molecule has 0 aliphatic carbocycles. The average molecular weight is 263 g/mol. The maximum Gasteiger partial charge on any atom is 0.329 e. The fourth-order valence-electron chi connectivity index (χ4n) is 1.97. The lowest BCUT2D eigenvalue weighted by molar-refractivity contribution is -0.158. The first-order valence-electron chi connectivity index (χ1n) is 6.27. The molecular weight excluding hydrogens is 245 g/mol. The van der Waals surface area contributed by atoms with Gasteiger partial charge in [-0.2, -0.15) is 0 Å². The van der Waals surface area contributed by atoms with Gasteiger partial charge in [0, 0.05) is 17.1 Å². The lowest BCUT2D eigenvalue weighted by atomic mass is 10.2. The Morgan fingerprint density at radius 1 is 1.32 bits per heavy atom. The van der Waals surface area contributed by atoms with Gasteiger partial charge in [0.05, 0.1) is 0 Å². The molecule has 0 fully saturated rings. The van der Waals surface area contributed by atoms with Gasteiger partial charge in [-0.25, -0.2) is 9.18 Å². The average Bonchev–Trinajstić information content (AvgIpc) is 2.68. The number of fused-ring (bicyclic) bond motifs is 1. The van der Waals surface area contributed by atoms with Gasteiger partial charge in [-0.05, 0) is 52.0 Å². The van der Waals surface area contributed by atoms with Crippen LogP contribution >= 0.6 is 0 Å². The van der Waals surface area contributed by atoms with Crippen LogP contribution in [0.2, 0.25) is 0 Å². The van der Waals surface area contributed by atoms with Crippen LogP contribution in [0.15, 0.2) is 30.5 Å². The molecule has 1 unspecified atom stereocenters. The smallest absolute Gasteiger partial charge is 0.329 e. The highest BCUT2D eigenvalue weighted by molar-refractivity contribution is 5.83. The summed E-state index contributed by atoms with van der Waals surface area (Å²) in [7, 11) is 0. The zero-order chi connectivity index (χ0) is 14.2. The Bertz CT molecular complexity index is 610. The van der Waals surface area contributed by atoms with Crippen molar-refractivity contribution >= 4 is 16.9 Å². The number of hydrogen-bond acceptors (Lipinski definition) is 2. The maximum atomic E-state index is 13.1. The minimum absolute atomic E-state index is 0.282. The van der Waals surface area contributed by atoms with E-state index >= 15 is 0 Å². The van der Waals surface area contributed by atoms with E-state index in [-0.39, 0.29) is 11.8 Å². The third-order valence-electron chi connectivity index (χ3n) is 2.85. The van der Waals surface area contributed by atoms with Crippen LogP contribution in [0.1, 0.15) is 33.7 Å². The summed E-state index contributed by atoms with van der Waals surface area (Å²) >= 11 is 0. The monoisotopic (exact) mass is 263 g/mol. The predicted octanol–water partition coefficient (Wildman–Crippen LogP) is 3.68. The molecular formula is C15H18FNO2. The lowest BCUT2D eigenvalue weighted by Gasteiger charge is -2.23. The second-order valence-electron chi connectivity index (χ2n) is 5.64. The molecule has 1 aromatic heterocycles. The molecule has 1 atom stereocenters. The minimum atomic E-state index is -0.513. The van der Waals surface area contributed by atoms with Crippen molar-refractivity contribution in [3.8, 4) is 0 Å². The topological polar surface area (TPSA) is 31.2 Å². The number of halogens is 1. The summed E-state index contributed by atoms with van der Waals surface area (Å²) in [6, 6.07) is 5.86. The fraction of sp³-hybridized carbons (Fsp3) is 0.400. The van der Waals surface area contributed by atoms with Gasteiger partial charge in [-0.15, -0.1) is 0 Å². The highest BCUT2D eigenvalue weighted by Gasteiger charge is 2.23. The van der Waals surface area contributed by atoms with E-state index in [0.717, 1.165) is 10.9 Å². The molecule has 0 spiro atoms. The van der Waals surface area contributed by atoms with Crippen molar-refractivity contribution in [3.63, 3.8) is 0 Å². The lowest BCUT2D eigenvalue weighted by Crippen LogP contribution is -2.28. The summed E-state index contributed by atoms with van der Waals surface area (Å²) in [6.07, 6.45) is 1.78. The van der Waals surface area contributed by atoms with Gasteiger partial charge in [0.15, 0.2) is 0 Å². The van der Waals surface area contributed by atoms with Crippen LogP contribution in [0.4, 0.5) is 4.39 Å². The molecule has 2 rings (SSSR count). The number of nitrogens with zero attached hydrogens (tertiary/aromatic N) is 1. The third kappa shape index (κ3) is 2.95. The first-order chi connectivity index (χ1) is 8.78. The molecule has 102 valence electrons. The van der Waals surface area contributed by atoms with E-state index in [1.165, 1.54) is 12.1 Å². The van der Waals surface area contributed by atoms with Gasteiger partial charge in [0.25, 0.3) is 0 Å². The molecule has 0 bridgehead atoms. The van der Waals surface area contributed by atoms with Crippen molar-refractivity contribution in [2.75, 3.05) is 0 Å². The number of carbonyl (C=O) groups is 1. The van der Waals surface area contributed by atoms with Crippen molar-refractivity contribution in [1.82, 2.24) is 4.57 Å². The van der Waals surface area contributed by atoms with Crippen LogP contribution in [0.5, 0.6) is 0 Å². The van der Waals surface area contributed by atoms with Gasteiger partial charge >= 0.3 is 5.97 Å². The molecule has 0 radical (unpaired) electrons. The summed E-state index contributed by atoms with van der Waals surface area (Å²) < 4.78 is 20.3. The SMILES string of the molecule is CC(C(=O)OC(C)(C)C)n1ccc2cc(F)ccc21. The summed E-state index contributed by atoms with van der Waals surface area (Å²) in [5, 5.41) is 0.774. The van der Waals surface area contributed by atoms with E-state index in [0.29, 0.717) is 0 Å². The van der Waals surface area contributed by atoms with E-state index in [9.17, 15) is 9.18 Å². The number of ether oxygens (including phenoxy) is 1. The van der Waals surface area contributed by atoms with Crippen LogP contribution in [0.3, 0.4) is 0 Å². The van der Waals surface area contributed by atoms with Crippen molar-refractivity contribution in [2.45, 2.75) is 39.3 Å². The number of esters is 1. The van der Waals surface area contributed by atoms with Gasteiger partial charge in [0.1, 0.15) is 17.5 Å². The van der Waals surface area contributed by atoms with Crippen molar-refractivity contribution in [1.29, 1.82) is 0 Å². The zero-order valence-corrected chi connectivity index (χ0v) is 11.6. The number of aromatic nitrogens is 1. The van der Waals surface area contributed by atoms with Crippen LogP contribution in [-0.2, 0) is 9.53 Å². The highest BCUT2D eigenvalue weighted by Crippen LogP contribution is 2.23. The van der Waals surface area contributed by atoms with Crippen molar-refractivity contribution < 1.29 is 13.9 Å². The second-order valence-corrected chi connectivity index (χ2v) is 5.64. The first kappa shape index (κ1) is 13.6. The number of rotatable bonds is 2. The second kappa shape index (κ2) is 4.68. The van der Waals surface area contributed by atoms with Gasteiger partial charge in [0.2, 0.25) is 0 Å². The predicted molar refractivity (Wildman–Crippen MR) is 72.5 cm³/mol. The Hall–Kier alpha value is -1.84. The Morgan fingerprint density at radius 3 is 2.63 bits per heavy atom. The standard InChI is InChI=1S/C15H18FNO2/c1-10(14(18)19-15(2,3)4)17-8-7-11-9-12(16)5-6-13(11)17/h5-10H,1-4H3. The van der Waals surface area contributed by atoms with Crippen LogP contribution < -0.4 is 0 Å². The summed E-state index contributed by atoms with van der Waals surface area (Å²) in [5.41, 5.74) is 0.306. The summed E-state index contributed by atoms with van der Waals surface area (Å²) in [4.78, 5) is 12.1. The Morgan fingerprint density at radius 2 is 2.00 bits per heavy atom. The van der Waals surface area contributed by atoms with Crippen molar-refractivity contribution in [2.24, 2.45) is 0 Å². The molecule has 4 heteroatoms. The number of benzene rings is 1. The fourth-order valence-corrected chi connectivity index (χ4v) is 1.97. The molecule has 1 aromatic carbocycles. The largest absolute Gasteiger partial charge is 0.458 e. The minimum Gasteiger partial charge on any atom is -0.458 e. The number of carbonyl (C=O) groups excluding carboxylic acids is 1. The Kier molecular flexibility index (Phi) is 3.35. The third-order valence-corrected chi connectivity index (χ3v) is 2.85. The van der Waals surface area contributed by atoms with Gasteiger partial charge in [-0.3, -0.25) is 0 Å². The van der Waals surface area contributed by atoms with Crippen LogP contribution in [0.25, 0.3) is 10.9 Å². The van der Waals surface area contributed by atoms with Gasteiger partial charge < -0.3 is 9.30 Å². The molecule has 1 heterocycles. The van der Waals surface area contributed by atoms with E-state index in [4.69, 9.17) is 4.74 Å². The quantitative estimate of drug-likeness (QED) is 0.774. The number of hydrogen-bond donors (Lipinski definition) is 0. The van der Waals surface area contributed by atoms with E-state index < -0.39 is 11.6 Å². The van der Waals surface area contributed by atoms with E-state index in [1.807, 2.05) is 20.8 Å². The Balaban J connectivity index is 2.31. The molecule has 3 nitrogen and oxygen atoms in total. The molecule has 0 saturated heterocycles. The molecule has 19 heavy (non-hydrogen) atoms. The molecule has 0 aliphatic rings. The first-order valence-corrected chi connectivity index (χ1v) is 6.27. The molecule has 0 N–H and O–H groups in total. The molecule has 2 aromatic rings. The summed E-state index contributed by atoms with van der Waals surface area (Å²) in [5.74, 6) is -0.579. The van der Waals surface area contributed by atoms with Crippen LogP contribution in [0, 0.1) is 5.82 Å². The van der Waals surface area contributed by atoms with Gasteiger partial charge in [-0.1, -0.05) is 0 Å². The normalized spacial score (nSPS) is 13.5. The van der Waals surface area contributed by atoms with Crippen LogP contribution in [-0.4, -0.2) is 16.1 Å². The zero-order valence-electron chi connectivity index (χ0n) is 11.6.